The van der Waals surface area contributed by atoms with Gasteiger partial charge in [0.1, 0.15) is 5.82 Å². The summed E-state index contributed by atoms with van der Waals surface area (Å²) in [5.74, 6) is -0.212. The Balaban J connectivity index is 1.84. The Hall–Kier alpha value is -2.42. The molecule has 94 valence electrons. The largest absolute Gasteiger partial charge is 0.379 e. The second-order valence-corrected chi connectivity index (χ2v) is 4.36. The third-order valence-electron chi connectivity index (χ3n) is 3.03. The first-order chi connectivity index (χ1) is 9.33. The van der Waals surface area contributed by atoms with Gasteiger partial charge in [-0.2, -0.15) is 0 Å². The summed E-state index contributed by atoms with van der Waals surface area (Å²) in [6, 6.07) is 16.5. The zero-order valence-corrected chi connectivity index (χ0v) is 10.3. The van der Waals surface area contributed by atoms with Gasteiger partial charge in [0.15, 0.2) is 0 Å². The quantitative estimate of drug-likeness (QED) is 0.762. The summed E-state index contributed by atoms with van der Waals surface area (Å²) in [4.78, 5) is 4.39. The van der Waals surface area contributed by atoms with Crippen molar-refractivity contribution in [2.75, 3.05) is 5.32 Å². The first kappa shape index (κ1) is 11.7. The van der Waals surface area contributed by atoms with Crippen molar-refractivity contribution in [2.24, 2.45) is 0 Å². The monoisotopic (exact) mass is 252 g/mol. The first-order valence-corrected chi connectivity index (χ1v) is 6.15. The maximum atomic E-state index is 12.8. The first-order valence-electron chi connectivity index (χ1n) is 6.15. The molecular formula is C16H13FN2. The molecule has 0 bridgehead atoms. The van der Waals surface area contributed by atoms with Crippen molar-refractivity contribution in [3.8, 4) is 0 Å². The number of aromatic nitrogens is 1. The van der Waals surface area contributed by atoms with Crippen molar-refractivity contribution in [1.29, 1.82) is 0 Å². The lowest BCUT2D eigenvalue weighted by molar-refractivity contribution is 0.627. The van der Waals surface area contributed by atoms with Gasteiger partial charge < -0.3 is 5.32 Å². The van der Waals surface area contributed by atoms with E-state index in [1.807, 2.05) is 30.3 Å². The topological polar surface area (TPSA) is 24.9 Å². The fraction of sp³-hybridized carbons (Fsp3) is 0.0625. The van der Waals surface area contributed by atoms with E-state index in [1.54, 1.807) is 18.3 Å². The van der Waals surface area contributed by atoms with Crippen LogP contribution < -0.4 is 5.32 Å². The van der Waals surface area contributed by atoms with Gasteiger partial charge in [0, 0.05) is 18.1 Å². The molecule has 0 atom stereocenters. The van der Waals surface area contributed by atoms with Gasteiger partial charge in [0.05, 0.1) is 11.2 Å². The highest BCUT2D eigenvalue weighted by molar-refractivity contribution is 5.90. The van der Waals surface area contributed by atoms with Crippen LogP contribution in [0.3, 0.4) is 0 Å². The van der Waals surface area contributed by atoms with Crippen molar-refractivity contribution >= 4 is 16.6 Å². The molecule has 2 nitrogen and oxygen atoms in total. The second kappa shape index (κ2) is 5.06. The number of hydrogen-bond donors (Lipinski definition) is 1. The van der Waals surface area contributed by atoms with Gasteiger partial charge in [-0.15, -0.1) is 0 Å². The van der Waals surface area contributed by atoms with Crippen LogP contribution in [0.5, 0.6) is 0 Å². The van der Waals surface area contributed by atoms with Crippen LogP contribution in [-0.2, 0) is 6.54 Å². The molecule has 0 radical (unpaired) electrons. The summed E-state index contributed by atoms with van der Waals surface area (Å²) in [7, 11) is 0. The number of para-hydroxylation sites is 1. The minimum absolute atomic E-state index is 0.212. The van der Waals surface area contributed by atoms with E-state index in [1.165, 1.54) is 12.1 Å². The second-order valence-electron chi connectivity index (χ2n) is 4.36. The number of anilines is 1. The van der Waals surface area contributed by atoms with Crippen molar-refractivity contribution in [3.63, 3.8) is 0 Å². The van der Waals surface area contributed by atoms with Crippen LogP contribution in [0.15, 0.2) is 60.8 Å². The third-order valence-corrected chi connectivity index (χ3v) is 3.03. The molecule has 0 saturated carbocycles. The highest BCUT2D eigenvalue weighted by atomic mass is 19.1. The molecule has 0 saturated heterocycles. The Kier molecular flexibility index (Phi) is 3.11. The van der Waals surface area contributed by atoms with Gasteiger partial charge in [-0.3, -0.25) is 4.98 Å². The fourth-order valence-corrected chi connectivity index (χ4v) is 2.05. The molecule has 0 fully saturated rings. The van der Waals surface area contributed by atoms with E-state index in [9.17, 15) is 4.39 Å². The number of fused-ring (bicyclic) bond motifs is 1. The Morgan fingerprint density at radius 3 is 2.58 bits per heavy atom. The Morgan fingerprint density at radius 2 is 1.74 bits per heavy atom. The molecule has 0 amide bonds. The average molecular weight is 252 g/mol. The third kappa shape index (κ3) is 2.55. The van der Waals surface area contributed by atoms with Gasteiger partial charge in [-0.05, 0) is 29.8 Å². The molecule has 1 aromatic heterocycles. The lowest BCUT2D eigenvalue weighted by Gasteiger charge is -2.09. The molecule has 0 spiro atoms. The zero-order valence-electron chi connectivity index (χ0n) is 10.3. The van der Waals surface area contributed by atoms with E-state index in [0.29, 0.717) is 6.54 Å². The summed E-state index contributed by atoms with van der Waals surface area (Å²) in [6.07, 6.45) is 1.78. The van der Waals surface area contributed by atoms with E-state index in [0.717, 1.165) is 22.2 Å². The number of rotatable bonds is 3. The SMILES string of the molecule is Fc1ccc(CNc2cccc3cccnc23)cc1. The van der Waals surface area contributed by atoms with Gasteiger partial charge in [0.25, 0.3) is 0 Å². The average Bonchev–Trinajstić information content (AvgIpc) is 2.47. The summed E-state index contributed by atoms with van der Waals surface area (Å²) < 4.78 is 12.8. The number of hydrogen-bond acceptors (Lipinski definition) is 2. The van der Waals surface area contributed by atoms with Crippen molar-refractivity contribution < 1.29 is 4.39 Å². The Morgan fingerprint density at radius 1 is 0.947 bits per heavy atom. The number of benzene rings is 2. The summed E-state index contributed by atoms with van der Waals surface area (Å²) >= 11 is 0. The minimum Gasteiger partial charge on any atom is -0.379 e. The Bertz CT molecular complexity index is 687. The van der Waals surface area contributed by atoms with E-state index < -0.39 is 0 Å². The molecular weight excluding hydrogens is 239 g/mol. The molecule has 3 rings (SSSR count). The van der Waals surface area contributed by atoms with Crippen LogP contribution >= 0.6 is 0 Å². The smallest absolute Gasteiger partial charge is 0.123 e. The lowest BCUT2D eigenvalue weighted by Crippen LogP contribution is -2.00. The van der Waals surface area contributed by atoms with Crippen LogP contribution in [0.2, 0.25) is 0 Å². The number of nitrogens with zero attached hydrogens (tertiary/aromatic N) is 1. The van der Waals surface area contributed by atoms with Crippen LogP contribution in [0.25, 0.3) is 10.9 Å². The predicted molar refractivity (Wildman–Crippen MR) is 75.5 cm³/mol. The van der Waals surface area contributed by atoms with E-state index in [-0.39, 0.29) is 5.82 Å². The Labute approximate surface area is 110 Å². The normalized spacial score (nSPS) is 10.6. The highest BCUT2D eigenvalue weighted by Gasteiger charge is 2.01. The molecule has 19 heavy (non-hydrogen) atoms. The van der Waals surface area contributed by atoms with Crippen LogP contribution in [0.1, 0.15) is 5.56 Å². The summed E-state index contributed by atoms with van der Waals surface area (Å²) in [5.41, 5.74) is 2.98. The van der Waals surface area contributed by atoms with Gasteiger partial charge in [0.2, 0.25) is 0 Å². The molecule has 3 heteroatoms. The van der Waals surface area contributed by atoms with Crippen molar-refractivity contribution in [2.45, 2.75) is 6.54 Å². The lowest BCUT2D eigenvalue weighted by atomic mass is 10.1. The van der Waals surface area contributed by atoms with E-state index in [2.05, 4.69) is 10.3 Å². The van der Waals surface area contributed by atoms with Gasteiger partial charge >= 0.3 is 0 Å². The molecule has 0 aliphatic carbocycles. The van der Waals surface area contributed by atoms with Crippen molar-refractivity contribution in [1.82, 2.24) is 4.98 Å². The molecule has 1 N–H and O–H groups in total. The molecule has 1 heterocycles. The molecule has 0 aliphatic rings. The van der Waals surface area contributed by atoms with Crippen LogP contribution in [0, 0.1) is 5.82 Å². The maximum Gasteiger partial charge on any atom is 0.123 e. The number of nitrogens with one attached hydrogen (secondary N) is 1. The fourth-order valence-electron chi connectivity index (χ4n) is 2.05. The number of halogens is 1. The van der Waals surface area contributed by atoms with Crippen molar-refractivity contribution in [3.05, 3.63) is 72.2 Å². The molecule has 2 aromatic carbocycles. The molecule has 0 unspecified atom stereocenters. The van der Waals surface area contributed by atoms with Crippen LogP contribution in [-0.4, -0.2) is 4.98 Å². The maximum absolute atomic E-state index is 12.8. The number of pyridine rings is 1. The van der Waals surface area contributed by atoms with Gasteiger partial charge in [-0.1, -0.05) is 30.3 Å². The predicted octanol–water partition coefficient (Wildman–Crippen LogP) is 3.99. The summed E-state index contributed by atoms with van der Waals surface area (Å²) in [6.45, 7) is 0.649. The summed E-state index contributed by atoms with van der Waals surface area (Å²) in [5, 5.41) is 4.44. The van der Waals surface area contributed by atoms with E-state index in [4.69, 9.17) is 0 Å². The molecule has 3 aromatic rings. The minimum atomic E-state index is -0.212. The molecule has 0 aliphatic heterocycles. The highest BCUT2D eigenvalue weighted by Crippen LogP contribution is 2.21. The van der Waals surface area contributed by atoms with E-state index >= 15 is 0 Å². The van der Waals surface area contributed by atoms with Crippen LogP contribution in [0.4, 0.5) is 10.1 Å². The standard InChI is InChI=1S/C16H13FN2/c17-14-8-6-12(7-9-14)11-19-15-5-1-3-13-4-2-10-18-16(13)15/h1-10,19H,11H2. The van der Waals surface area contributed by atoms with Gasteiger partial charge in [-0.25, -0.2) is 4.39 Å². The zero-order chi connectivity index (χ0) is 13.1.